The van der Waals surface area contributed by atoms with Gasteiger partial charge in [-0.2, -0.15) is 0 Å². The maximum Gasteiger partial charge on any atom is 0.264 e. The first-order chi connectivity index (χ1) is 17.0. The fourth-order valence-electron chi connectivity index (χ4n) is 5.79. The number of sulfonamides is 1. The van der Waals surface area contributed by atoms with Crippen molar-refractivity contribution in [3.63, 3.8) is 0 Å². The van der Waals surface area contributed by atoms with Crippen molar-refractivity contribution in [1.82, 2.24) is 0 Å². The summed E-state index contributed by atoms with van der Waals surface area (Å²) in [7, 11) is -0.366. The molecule has 6 nitrogen and oxygen atoms in total. The second-order valence-electron chi connectivity index (χ2n) is 9.29. The van der Waals surface area contributed by atoms with Crippen LogP contribution in [-0.4, -0.2) is 29.2 Å². The molecule has 2 aliphatic heterocycles. The average Bonchev–Trinajstić information content (AvgIpc) is 3.55. The molecule has 0 bridgehead atoms. The van der Waals surface area contributed by atoms with Gasteiger partial charge in [0, 0.05) is 18.2 Å². The van der Waals surface area contributed by atoms with Crippen molar-refractivity contribution in [2.75, 3.05) is 30.4 Å². The molecule has 0 aromatic heterocycles. The number of hydrogen-bond donors (Lipinski definition) is 1. The third-order valence-corrected chi connectivity index (χ3v) is 9.34. The molecule has 3 aliphatic rings. The molecule has 0 spiro atoms. The summed E-state index contributed by atoms with van der Waals surface area (Å²) in [6, 6.07) is 19.4. The monoisotopic (exact) mass is 488 g/mol. The van der Waals surface area contributed by atoms with Crippen LogP contribution >= 0.6 is 0 Å². The lowest BCUT2D eigenvalue weighted by Gasteiger charge is -2.38. The summed E-state index contributed by atoms with van der Waals surface area (Å²) in [4.78, 5) is 0.346. The summed E-state index contributed by atoms with van der Waals surface area (Å²) in [5.74, 6) is 1.83. The molecule has 2 heterocycles. The summed E-state index contributed by atoms with van der Waals surface area (Å²) in [6.07, 6.45) is 6.09. The van der Waals surface area contributed by atoms with Crippen molar-refractivity contribution >= 4 is 21.4 Å². The zero-order valence-corrected chi connectivity index (χ0v) is 20.6. The van der Waals surface area contributed by atoms with E-state index in [1.54, 1.807) is 24.6 Å². The van der Waals surface area contributed by atoms with E-state index in [-0.39, 0.29) is 17.9 Å². The number of nitrogens with one attached hydrogen (secondary N) is 1. The minimum Gasteiger partial charge on any atom is -0.493 e. The number of allylic oxidation sites excluding steroid dienone is 2. The van der Waals surface area contributed by atoms with Gasteiger partial charge in [-0.3, -0.25) is 4.31 Å². The molecule has 0 saturated carbocycles. The lowest BCUT2D eigenvalue weighted by Crippen LogP contribution is -2.31. The molecule has 3 aromatic carbocycles. The molecule has 7 heteroatoms. The van der Waals surface area contributed by atoms with E-state index in [4.69, 9.17) is 9.47 Å². The Kier molecular flexibility index (Phi) is 5.25. The first kappa shape index (κ1) is 22.0. The number of benzene rings is 3. The fraction of sp³-hybridized carbons (Fsp3) is 0.286. The van der Waals surface area contributed by atoms with Crippen molar-refractivity contribution < 1.29 is 17.9 Å². The molecule has 0 saturated heterocycles. The second-order valence-corrected chi connectivity index (χ2v) is 11.2. The molecule has 0 fully saturated rings. The summed E-state index contributed by atoms with van der Waals surface area (Å²) >= 11 is 0. The molecule has 6 rings (SSSR count). The number of methoxy groups -OCH3 is 2. The van der Waals surface area contributed by atoms with Crippen molar-refractivity contribution in [3.8, 4) is 11.5 Å². The average molecular weight is 489 g/mol. The number of anilines is 2. The Hall–Kier alpha value is -3.45. The molecule has 1 N–H and O–H groups in total. The number of fused-ring (bicyclic) bond motifs is 4. The van der Waals surface area contributed by atoms with Crippen LogP contribution in [0.3, 0.4) is 0 Å². The Morgan fingerprint density at radius 2 is 1.80 bits per heavy atom. The van der Waals surface area contributed by atoms with Gasteiger partial charge in [0.2, 0.25) is 0 Å². The number of para-hydroxylation sites is 1. The van der Waals surface area contributed by atoms with Crippen LogP contribution in [0.25, 0.3) is 0 Å². The van der Waals surface area contributed by atoms with Crippen LogP contribution < -0.4 is 19.1 Å². The Morgan fingerprint density at radius 1 is 0.971 bits per heavy atom. The van der Waals surface area contributed by atoms with E-state index in [0.29, 0.717) is 22.9 Å². The van der Waals surface area contributed by atoms with E-state index >= 15 is 0 Å². The smallest absolute Gasteiger partial charge is 0.264 e. The van der Waals surface area contributed by atoms with Gasteiger partial charge in [0.05, 0.1) is 30.8 Å². The summed E-state index contributed by atoms with van der Waals surface area (Å²) < 4.78 is 39.8. The topological polar surface area (TPSA) is 67.9 Å². The quantitative estimate of drug-likeness (QED) is 0.495. The maximum atomic E-state index is 13.7. The van der Waals surface area contributed by atoms with Crippen molar-refractivity contribution in [1.29, 1.82) is 0 Å². The number of ether oxygens (including phenoxy) is 2. The van der Waals surface area contributed by atoms with E-state index in [2.05, 4.69) is 23.5 Å². The van der Waals surface area contributed by atoms with E-state index in [0.717, 1.165) is 40.9 Å². The molecular weight excluding hydrogens is 460 g/mol. The summed E-state index contributed by atoms with van der Waals surface area (Å²) in [6.45, 7) is 0.477. The lowest BCUT2D eigenvalue weighted by atomic mass is 9.77. The molecule has 0 radical (unpaired) electrons. The number of hydrogen-bond acceptors (Lipinski definition) is 5. The standard InChI is InChI=1S/C28H28N2O4S/c1-33-26-13-10-19(16-27(26)34-2)28-22-8-5-7-21(22)23-17-20(11-12-24(23)29-28)35(31,32)30-15-14-18-6-3-4-9-25(18)30/h3-7,9-13,16-17,21-22,28-29H,8,14-15H2,1-2H3. The van der Waals surface area contributed by atoms with E-state index in [1.165, 1.54) is 0 Å². The summed E-state index contributed by atoms with van der Waals surface area (Å²) in [5, 5.41) is 3.69. The van der Waals surface area contributed by atoms with Gasteiger partial charge in [-0.15, -0.1) is 0 Å². The molecule has 35 heavy (non-hydrogen) atoms. The van der Waals surface area contributed by atoms with E-state index < -0.39 is 10.0 Å². The number of rotatable bonds is 5. The fourth-order valence-corrected chi connectivity index (χ4v) is 7.33. The van der Waals surface area contributed by atoms with Crippen molar-refractivity contribution in [2.24, 2.45) is 5.92 Å². The zero-order valence-electron chi connectivity index (χ0n) is 19.8. The predicted molar refractivity (Wildman–Crippen MR) is 137 cm³/mol. The van der Waals surface area contributed by atoms with E-state index in [9.17, 15) is 8.42 Å². The van der Waals surface area contributed by atoms with Crippen LogP contribution in [0.2, 0.25) is 0 Å². The molecule has 3 aromatic rings. The molecular formula is C28H28N2O4S. The highest BCUT2D eigenvalue weighted by Crippen LogP contribution is 2.51. The maximum absolute atomic E-state index is 13.7. The van der Waals surface area contributed by atoms with Gasteiger partial charge < -0.3 is 14.8 Å². The summed E-state index contributed by atoms with van der Waals surface area (Å²) in [5.41, 5.74) is 4.99. The Bertz CT molecular complexity index is 1430. The Labute approximate surface area is 206 Å². The van der Waals surface area contributed by atoms with Crippen LogP contribution in [0.4, 0.5) is 11.4 Å². The van der Waals surface area contributed by atoms with Gasteiger partial charge in [-0.05, 0) is 71.8 Å². The Morgan fingerprint density at radius 3 is 2.63 bits per heavy atom. The lowest BCUT2D eigenvalue weighted by molar-refractivity contribution is 0.353. The van der Waals surface area contributed by atoms with Gasteiger partial charge in [-0.25, -0.2) is 8.42 Å². The molecule has 0 amide bonds. The highest BCUT2D eigenvalue weighted by Gasteiger charge is 2.39. The zero-order chi connectivity index (χ0) is 24.2. The van der Waals surface area contributed by atoms with Gasteiger partial charge in [0.15, 0.2) is 11.5 Å². The Balaban J connectivity index is 1.37. The van der Waals surface area contributed by atoms with E-state index in [1.807, 2.05) is 48.5 Å². The van der Waals surface area contributed by atoms with Crippen LogP contribution in [0.1, 0.15) is 35.1 Å². The van der Waals surface area contributed by atoms with Crippen molar-refractivity contribution in [2.45, 2.75) is 29.7 Å². The number of nitrogens with zero attached hydrogens (tertiary/aromatic N) is 1. The second kappa shape index (κ2) is 8.34. The van der Waals surface area contributed by atoms with Crippen molar-refractivity contribution in [3.05, 3.63) is 89.5 Å². The molecule has 1 aliphatic carbocycles. The van der Waals surface area contributed by atoms with Crippen LogP contribution in [0, 0.1) is 5.92 Å². The van der Waals surface area contributed by atoms with Gasteiger partial charge in [-0.1, -0.05) is 36.4 Å². The highest BCUT2D eigenvalue weighted by atomic mass is 32.2. The van der Waals surface area contributed by atoms with Crippen LogP contribution in [0.5, 0.6) is 11.5 Å². The third kappa shape index (κ3) is 3.48. The van der Waals surface area contributed by atoms with Crippen LogP contribution in [-0.2, 0) is 16.4 Å². The van der Waals surface area contributed by atoms with Gasteiger partial charge in [0.25, 0.3) is 10.0 Å². The minimum atomic E-state index is -3.65. The first-order valence-electron chi connectivity index (χ1n) is 11.9. The van der Waals surface area contributed by atoms with Crippen LogP contribution in [0.15, 0.2) is 77.7 Å². The van der Waals surface area contributed by atoms with Gasteiger partial charge >= 0.3 is 0 Å². The SMILES string of the molecule is COc1ccc(C2Nc3ccc(S(=O)(=O)N4CCc5ccccc54)cc3C3C=CCC32)cc1OC. The highest BCUT2D eigenvalue weighted by molar-refractivity contribution is 7.92. The normalized spacial score (nSPS) is 22.2. The molecule has 180 valence electrons. The minimum absolute atomic E-state index is 0.0789. The largest absolute Gasteiger partial charge is 0.493 e. The molecule has 3 atom stereocenters. The first-order valence-corrected chi connectivity index (χ1v) is 13.3. The molecule has 3 unspecified atom stereocenters. The third-order valence-electron chi connectivity index (χ3n) is 7.53. The predicted octanol–water partition coefficient (Wildman–Crippen LogP) is 5.28. The van der Waals surface area contributed by atoms with Gasteiger partial charge in [0.1, 0.15) is 0 Å².